The second kappa shape index (κ2) is 27.9. The summed E-state index contributed by atoms with van der Waals surface area (Å²) in [6, 6.07) is 34.5. The number of para-hydroxylation sites is 2. The van der Waals surface area contributed by atoms with E-state index in [2.05, 4.69) is 41.9 Å². The number of aromatic nitrogens is 2. The first-order chi connectivity index (χ1) is 40.0. The average Bonchev–Trinajstić information content (AvgIpc) is 4.34. The van der Waals surface area contributed by atoms with Crippen LogP contribution >= 0.6 is 0 Å². The summed E-state index contributed by atoms with van der Waals surface area (Å²) < 4.78 is 0. The lowest BCUT2D eigenvalue weighted by Gasteiger charge is -2.28. The highest BCUT2D eigenvalue weighted by molar-refractivity contribution is 5.98. The maximum atomic E-state index is 14.8. The molecule has 0 saturated carbocycles. The molecule has 20 heteroatoms. The number of hydrogen-bond donors (Lipinski definition) is 12. The van der Waals surface area contributed by atoms with Gasteiger partial charge < -0.3 is 57.6 Å². The number of carboxylic acids is 1. The van der Waals surface area contributed by atoms with Crippen LogP contribution in [0.4, 0.5) is 0 Å². The van der Waals surface area contributed by atoms with E-state index in [4.69, 9.17) is 5.73 Å². The molecule has 0 bridgehead atoms. The number of aromatic amines is 2. The average molecular weight is 1120 g/mol. The van der Waals surface area contributed by atoms with Crippen molar-refractivity contribution in [1.29, 1.82) is 0 Å². The normalized spacial score (nSPS) is 13.7. The second-order valence-electron chi connectivity index (χ2n) is 20.4. The molecule has 6 aromatic carbocycles. The number of primary amides is 1. The second-order valence-corrected chi connectivity index (χ2v) is 20.4. The quantitative estimate of drug-likeness (QED) is 0.0330. The molecule has 2 aromatic heterocycles. The summed E-state index contributed by atoms with van der Waals surface area (Å²) in [5.41, 5.74) is 11.0. The van der Waals surface area contributed by atoms with Gasteiger partial charge in [0, 0.05) is 59.9 Å². The van der Waals surface area contributed by atoms with Crippen LogP contribution in [-0.4, -0.2) is 115 Å². The molecule has 20 nitrogen and oxygen atoms in total. The molecule has 8 aromatic rings. The number of hydrogen-bond acceptors (Lipinski definition) is 11. The van der Waals surface area contributed by atoms with Crippen LogP contribution in [0.2, 0.25) is 0 Å². The van der Waals surface area contributed by atoms with E-state index in [1.54, 1.807) is 48.7 Å². The van der Waals surface area contributed by atoms with Gasteiger partial charge >= 0.3 is 5.97 Å². The van der Waals surface area contributed by atoms with E-state index in [1.165, 1.54) is 55.5 Å². The molecule has 0 aliphatic rings. The maximum absolute atomic E-state index is 14.8. The molecule has 0 fully saturated rings. The number of nitrogens with one attached hydrogen (secondary N) is 8. The standard InChI is InChI=1S/C63H65N9O11/c1-37(73)50(32-42-35-65-48-18-10-8-16-46(42)48)67-51(28-38-12-4-2-5-13-38)58(77)68-52(29-39-14-6-3-7-15-39)60(79)71-55(34-57(64)76)62(81)70-53(30-40-20-24-44(74)25-21-40)59(78)69-54(31-41-22-26-45(75)27-23-41)61(80)72-56(63(82)83)33-43-36-66-49-19-11-9-17-47(43)49/h2-27,35-36,50-56,65-67,74-75H,28-34H2,1H3,(H2,64,76)(H,68,77)(H,69,78)(H,70,81)(H,71,79)(H,72,80)(H,82,83)/t50-,51-,52-,53-,54-,55-,56-/m0/s1. The number of aliphatic carboxylic acids is 1. The molecular weight excluding hydrogens is 1060 g/mol. The van der Waals surface area contributed by atoms with Gasteiger partial charge in [-0.25, -0.2) is 4.79 Å². The summed E-state index contributed by atoms with van der Waals surface area (Å²) in [4.78, 5) is 118. The van der Waals surface area contributed by atoms with Gasteiger partial charge in [-0.15, -0.1) is 0 Å². The van der Waals surface area contributed by atoms with Gasteiger partial charge in [0.25, 0.3) is 0 Å². The summed E-state index contributed by atoms with van der Waals surface area (Å²) in [5, 5.41) is 48.7. The fraction of sp³-hybridized carbons (Fsp3) is 0.238. The molecule has 13 N–H and O–H groups in total. The van der Waals surface area contributed by atoms with Crippen LogP contribution in [0.25, 0.3) is 21.8 Å². The summed E-state index contributed by atoms with van der Waals surface area (Å²) in [6.45, 7) is 1.43. The summed E-state index contributed by atoms with van der Waals surface area (Å²) in [7, 11) is 0. The Balaban J connectivity index is 1.05. The highest BCUT2D eigenvalue weighted by Crippen LogP contribution is 2.22. The number of amides is 6. The number of benzene rings is 6. The van der Waals surface area contributed by atoms with Crippen LogP contribution < -0.4 is 37.6 Å². The van der Waals surface area contributed by atoms with Gasteiger partial charge in [-0.1, -0.05) is 121 Å². The van der Waals surface area contributed by atoms with Crippen LogP contribution in [0, 0.1) is 0 Å². The minimum atomic E-state index is -1.75. The van der Waals surface area contributed by atoms with Crippen LogP contribution in [0.3, 0.4) is 0 Å². The number of carbonyl (C=O) groups is 8. The van der Waals surface area contributed by atoms with Crippen LogP contribution in [0.5, 0.6) is 11.5 Å². The largest absolute Gasteiger partial charge is 0.508 e. The fourth-order valence-corrected chi connectivity index (χ4v) is 9.87. The number of aromatic hydroxyl groups is 2. The zero-order chi connectivity index (χ0) is 59.0. The highest BCUT2D eigenvalue weighted by atomic mass is 16.4. The van der Waals surface area contributed by atoms with E-state index in [1.807, 2.05) is 72.9 Å². The van der Waals surface area contributed by atoms with E-state index in [9.17, 15) is 53.7 Å². The summed E-state index contributed by atoms with van der Waals surface area (Å²) >= 11 is 0. The Morgan fingerprint density at radius 1 is 0.410 bits per heavy atom. The highest BCUT2D eigenvalue weighted by Gasteiger charge is 2.35. The summed E-state index contributed by atoms with van der Waals surface area (Å²) in [6.07, 6.45) is 2.29. The number of fused-ring (bicyclic) bond motifs is 2. The molecule has 83 heavy (non-hydrogen) atoms. The lowest BCUT2D eigenvalue weighted by atomic mass is 9.98. The van der Waals surface area contributed by atoms with Gasteiger partial charge in [-0.2, -0.15) is 0 Å². The minimum Gasteiger partial charge on any atom is -0.508 e. The van der Waals surface area contributed by atoms with Crippen LogP contribution in [-0.2, 0) is 76.9 Å². The van der Waals surface area contributed by atoms with Crippen LogP contribution in [0.15, 0.2) is 170 Å². The number of carboxylic acid groups (broad SMARTS) is 1. The maximum Gasteiger partial charge on any atom is 0.326 e. The predicted octanol–water partition coefficient (Wildman–Crippen LogP) is 4.12. The number of ketones is 1. The molecule has 6 amide bonds. The third-order valence-corrected chi connectivity index (χ3v) is 14.3. The number of rotatable bonds is 28. The predicted molar refractivity (Wildman–Crippen MR) is 310 cm³/mol. The SMILES string of the molecule is CC(=O)[C@H](Cc1c[nH]c2ccccc12)N[C@@H](Cc1ccccc1)C(=O)N[C@@H](Cc1ccccc1)C(=O)N[C@@H](CC(N)=O)C(=O)N[C@@H](Cc1ccc(O)cc1)C(=O)N[C@@H](Cc1ccc(O)cc1)C(=O)N[C@@H](Cc1c[nH]c2ccccc12)C(=O)O. The lowest BCUT2D eigenvalue weighted by molar-refractivity contribution is -0.142. The number of Topliss-reactive ketones (excluding diaryl/α,β-unsaturated/α-hetero) is 1. The molecule has 0 aliphatic carbocycles. The number of nitrogens with two attached hydrogens (primary N) is 1. The fourth-order valence-electron chi connectivity index (χ4n) is 9.87. The Labute approximate surface area is 477 Å². The Hall–Kier alpha value is -10.1. The summed E-state index contributed by atoms with van der Waals surface area (Å²) in [5.74, 6) is -7.25. The molecule has 0 saturated heterocycles. The zero-order valence-electron chi connectivity index (χ0n) is 45.3. The topological polar surface area (TPSA) is 327 Å². The monoisotopic (exact) mass is 1120 g/mol. The minimum absolute atomic E-state index is 0.0771. The van der Waals surface area contributed by atoms with Crippen molar-refractivity contribution in [2.75, 3.05) is 0 Å². The molecule has 0 aliphatic heterocycles. The smallest absolute Gasteiger partial charge is 0.326 e. The van der Waals surface area contributed by atoms with E-state index in [0.29, 0.717) is 22.3 Å². The first-order valence-corrected chi connectivity index (χ1v) is 27.0. The van der Waals surface area contributed by atoms with Crippen molar-refractivity contribution in [3.05, 3.63) is 203 Å². The lowest BCUT2D eigenvalue weighted by Crippen LogP contribution is -2.61. The van der Waals surface area contributed by atoms with Crippen molar-refractivity contribution in [1.82, 2.24) is 41.9 Å². The van der Waals surface area contributed by atoms with Crippen molar-refractivity contribution >= 4 is 69.0 Å². The Kier molecular flexibility index (Phi) is 19.8. The van der Waals surface area contributed by atoms with Crippen molar-refractivity contribution in [3.8, 4) is 11.5 Å². The number of phenols is 2. The van der Waals surface area contributed by atoms with Gasteiger partial charge in [0.15, 0.2) is 0 Å². The number of carbonyl (C=O) groups excluding carboxylic acids is 7. The first kappa shape index (κ1) is 59.1. The molecular formula is C63H65N9O11. The van der Waals surface area contributed by atoms with Crippen LogP contribution in [0.1, 0.15) is 46.7 Å². The molecule has 8 rings (SSSR count). The van der Waals surface area contributed by atoms with Gasteiger partial charge in [0.1, 0.15) is 47.5 Å². The Bertz CT molecular complexity index is 3570. The van der Waals surface area contributed by atoms with Gasteiger partial charge in [0.2, 0.25) is 35.4 Å². The number of phenolic OH excluding ortho intramolecular Hbond substituents is 2. The van der Waals surface area contributed by atoms with E-state index in [-0.39, 0.29) is 55.8 Å². The zero-order valence-corrected chi connectivity index (χ0v) is 45.3. The van der Waals surface area contributed by atoms with Crippen molar-refractivity contribution in [2.24, 2.45) is 5.73 Å². The molecule has 0 spiro atoms. The Morgan fingerprint density at radius 2 is 0.747 bits per heavy atom. The first-order valence-electron chi connectivity index (χ1n) is 27.0. The Morgan fingerprint density at radius 3 is 1.16 bits per heavy atom. The van der Waals surface area contributed by atoms with Gasteiger partial charge in [-0.05, 0) is 89.5 Å². The third kappa shape index (κ3) is 16.5. The molecule has 0 radical (unpaired) electrons. The van der Waals surface area contributed by atoms with E-state index < -0.39 is 90.1 Å². The molecule has 7 atom stereocenters. The van der Waals surface area contributed by atoms with Crippen molar-refractivity contribution in [3.63, 3.8) is 0 Å². The van der Waals surface area contributed by atoms with Gasteiger partial charge in [-0.3, -0.25) is 38.9 Å². The third-order valence-electron chi connectivity index (χ3n) is 14.3. The number of H-pyrrole nitrogens is 2. The van der Waals surface area contributed by atoms with E-state index >= 15 is 0 Å². The van der Waals surface area contributed by atoms with Crippen molar-refractivity contribution in [2.45, 2.75) is 94.2 Å². The molecule has 0 unspecified atom stereocenters. The molecule has 2 heterocycles. The van der Waals surface area contributed by atoms with E-state index in [0.717, 1.165) is 32.9 Å². The molecule has 428 valence electrons. The van der Waals surface area contributed by atoms with Crippen molar-refractivity contribution < 1.29 is 53.7 Å². The van der Waals surface area contributed by atoms with Gasteiger partial charge in [0.05, 0.1) is 18.5 Å².